The molecule has 0 aromatic carbocycles. The van der Waals surface area contributed by atoms with Gasteiger partial charge >= 0.3 is 0 Å². The van der Waals surface area contributed by atoms with Crippen LogP contribution in [0.4, 0.5) is 0 Å². The lowest BCUT2D eigenvalue weighted by Crippen LogP contribution is -2.55. The zero-order chi connectivity index (χ0) is 26.7. The summed E-state index contributed by atoms with van der Waals surface area (Å²) in [4.78, 5) is 12.2. The Labute approximate surface area is 217 Å². The third-order valence-corrected chi connectivity index (χ3v) is 6.94. The Morgan fingerprint density at radius 3 is 2.61 bits per heavy atom. The van der Waals surface area contributed by atoms with Crippen LogP contribution in [0.15, 0.2) is 59.8 Å². The lowest BCUT2D eigenvalue weighted by Gasteiger charge is -2.43. The second-order valence-corrected chi connectivity index (χ2v) is 10.9. The van der Waals surface area contributed by atoms with Crippen molar-refractivity contribution in [2.24, 2.45) is 11.8 Å². The third kappa shape index (κ3) is 10.6. The zero-order valence-corrected chi connectivity index (χ0v) is 22.9. The number of nitrogens with one attached hydrogen (secondary N) is 1. The minimum atomic E-state index is -1.27. The molecule has 0 aliphatic carbocycles. The van der Waals surface area contributed by atoms with E-state index in [0.29, 0.717) is 18.9 Å². The third-order valence-electron chi connectivity index (χ3n) is 6.94. The van der Waals surface area contributed by atoms with Crippen LogP contribution in [-0.2, 0) is 14.3 Å². The molecule has 0 bridgehead atoms. The van der Waals surface area contributed by atoms with Crippen molar-refractivity contribution in [2.75, 3.05) is 6.54 Å². The minimum absolute atomic E-state index is 0.0302. The molecule has 6 nitrogen and oxygen atoms in total. The number of rotatable bonds is 2. The van der Waals surface area contributed by atoms with Crippen molar-refractivity contribution in [3.8, 4) is 0 Å². The topological polar surface area (TPSA) is 88.0 Å². The van der Waals surface area contributed by atoms with Gasteiger partial charge in [-0.1, -0.05) is 67.5 Å². The first-order valence-corrected chi connectivity index (χ1v) is 13.3. The molecule has 1 saturated heterocycles. The Kier molecular flexibility index (Phi) is 12.3. The van der Waals surface area contributed by atoms with Gasteiger partial charge in [0.25, 0.3) is 0 Å². The van der Waals surface area contributed by atoms with E-state index in [1.165, 1.54) is 11.1 Å². The molecule has 0 unspecified atom stereocenters. The number of hydrogen-bond donors (Lipinski definition) is 3. The first-order chi connectivity index (χ1) is 17.0. The largest absolute Gasteiger partial charge is 0.387 e. The lowest BCUT2D eigenvalue weighted by molar-refractivity contribution is -0.285. The number of ether oxygens (including phenoxy) is 2. The van der Waals surface area contributed by atoms with Crippen LogP contribution in [0.5, 0.6) is 0 Å². The van der Waals surface area contributed by atoms with Crippen molar-refractivity contribution < 1.29 is 24.5 Å². The number of carbonyl (C=O) groups excluding carboxylic acids is 1. The molecule has 6 heteroatoms. The van der Waals surface area contributed by atoms with Gasteiger partial charge in [-0.2, -0.15) is 0 Å². The standard InChI is InChI=1S/C30H47NO5/c1-21-12-8-7-9-13-23(3)20-31-27(32)15-11-10-14-24(4)26(17-16-22(2)18-21)36-28-19-30(6,34)29(33)25(5)35-28/h7-8,10-12,14-16,23-26,28-29,33-34H,9,13,17-20H2,1-6H3,(H,31,32)/b8-7+,14-10+,15-11+,21-12+,22-16+/t23-,24-,25+,26-,28+,29+,30-/m0/s1. The molecule has 36 heavy (non-hydrogen) atoms. The van der Waals surface area contributed by atoms with E-state index in [9.17, 15) is 15.0 Å². The molecule has 2 aliphatic heterocycles. The highest BCUT2D eigenvalue weighted by Crippen LogP contribution is 2.31. The van der Waals surface area contributed by atoms with E-state index in [0.717, 1.165) is 19.3 Å². The maximum Gasteiger partial charge on any atom is 0.243 e. The fourth-order valence-corrected chi connectivity index (χ4v) is 4.53. The van der Waals surface area contributed by atoms with Crippen molar-refractivity contribution in [3.63, 3.8) is 0 Å². The highest BCUT2D eigenvalue weighted by atomic mass is 16.7. The molecule has 2 heterocycles. The van der Waals surface area contributed by atoms with Gasteiger partial charge in [0.15, 0.2) is 6.29 Å². The van der Waals surface area contributed by atoms with Crippen LogP contribution < -0.4 is 5.32 Å². The van der Waals surface area contributed by atoms with Crippen molar-refractivity contribution in [1.29, 1.82) is 0 Å². The first-order valence-electron chi connectivity index (χ1n) is 13.3. The molecule has 3 N–H and O–H groups in total. The van der Waals surface area contributed by atoms with Gasteiger partial charge in [0.05, 0.1) is 17.8 Å². The van der Waals surface area contributed by atoms with Crippen LogP contribution in [0, 0.1) is 11.8 Å². The molecule has 0 radical (unpaired) electrons. The highest BCUT2D eigenvalue weighted by molar-refractivity contribution is 5.87. The predicted octanol–water partition coefficient (Wildman–Crippen LogP) is 5.14. The summed E-state index contributed by atoms with van der Waals surface area (Å²) < 4.78 is 12.2. The van der Waals surface area contributed by atoms with Gasteiger partial charge in [-0.05, 0) is 59.3 Å². The van der Waals surface area contributed by atoms with Gasteiger partial charge in [0, 0.05) is 25.0 Å². The van der Waals surface area contributed by atoms with Crippen LogP contribution >= 0.6 is 0 Å². The van der Waals surface area contributed by atoms with Gasteiger partial charge in [-0.3, -0.25) is 4.79 Å². The fourth-order valence-electron chi connectivity index (χ4n) is 4.53. The molecule has 0 aromatic rings. The molecule has 2 rings (SSSR count). The van der Waals surface area contributed by atoms with Gasteiger partial charge in [0.2, 0.25) is 5.91 Å². The van der Waals surface area contributed by atoms with Gasteiger partial charge in [0.1, 0.15) is 6.10 Å². The number of aliphatic hydroxyl groups excluding tert-OH is 1. The maximum absolute atomic E-state index is 12.2. The lowest BCUT2D eigenvalue weighted by atomic mass is 9.89. The Morgan fingerprint density at radius 2 is 1.89 bits per heavy atom. The van der Waals surface area contributed by atoms with Crippen molar-refractivity contribution >= 4 is 5.91 Å². The smallest absolute Gasteiger partial charge is 0.243 e. The number of allylic oxidation sites excluding steroid dienone is 7. The first kappa shape index (κ1) is 30.2. The summed E-state index contributed by atoms with van der Waals surface area (Å²) in [5.74, 6) is 0.343. The summed E-state index contributed by atoms with van der Waals surface area (Å²) in [6.45, 7) is 12.5. The number of carbonyl (C=O) groups is 1. The van der Waals surface area contributed by atoms with E-state index in [1.54, 1.807) is 26.0 Å². The summed E-state index contributed by atoms with van der Waals surface area (Å²) in [5, 5.41) is 23.9. The fraction of sp³-hybridized carbons (Fsp3) is 0.633. The minimum Gasteiger partial charge on any atom is -0.387 e. The molecule has 1 amide bonds. The van der Waals surface area contributed by atoms with E-state index < -0.39 is 24.1 Å². The normalized spacial score (nSPS) is 41.6. The predicted molar refractivity (Wildman–Crippen MR) is 145 cm³/mol. The number of amides is 1. The summed E-state index contributed by atoms with van der Waals surface area (Å²) >= 11 is 0. The molecular formula is C30H47NO5. The molecule has 2 aliphatic rings. The number of aliphatic hydroxyl groups is 2. The molecule has 1 fully saturated rings. The van der Waals surface area contributed by atoms with Crippen LogP contribution in [0.2, 0.25) is 0 Å². The van der Waals surface area contributed by atoms with Crippen molar-refractivity contribution in [1.82, 2.24) is 5.32 Å². The highest BCUT2D eigenvalue weighted by Gasteiger charge is 2.44. The average molecular weight is 502 g/mol. The molecule has 202 valence electrons. The Morgan fingerprint density at radius 1 is 1.14 bits per heavy atom. The summed E-state index contributed by atoms with van der Waals surface area (Å²) in [7, 11) is 0. The zero-order valence-electron chi connectivity index (χ0n) is 22.9. The summed E-state index contributed by atoms with van der Waals surface area (Å²) in [6, 6.07) is 0. The van der Waals surface area contributed by atoms with Gasteiger partial charge in [-0.15, -0.1) is 0 Å². The summed E-state index contributed by atoms with van der Waals surface area (Å²) in [5.41, 5.74) is 1.28. The van der Waals surface area contributed by atoms with Crippen molar-refractivity contribution in [3.05, 3.63) is 59.8 Å². The molecule has 0 aromatic heterocycles. The van der Waals surface area contributed by atoms with Crippen molar-refractivity contribution in [2.45, 2.75) is 104 Å². The van der Waals surface area contributed by atoms with Gasteiger partial charge < -0.3 is 25.0 Å². The van der Waals surface area contributed by atoms with Crippen LogP contribution in [0.25, 0.3) is 0 Å². The molecule has 7 atom stereocenters. The maximum atomic E-state index is 12.2. The van der Waals surface area contributed by atoms with Crippen LogP contribution in [0.1, 0.15) is 73.6 Å². The Balaban J connectivity index is 2.20. The quantitative estimate of drug-likeness (QED) is 0.456. The SMILES string of the molecule is C/C1=C\C=C\CC[C@H](C)CNC(=O)/C=C/C=C/[C@H](C)[C@@H](O[C@@H]2C[C@](C)(O)[C@H](O)[C@@H](C)O2)C/C=C(\C)C1. The number of hydrogen-bond acceptors (Lipinski definition) is 5. The van der Waals surface area contributed by atoms with E-state index in [-0.39, 0.29) is 24.3 Å². The monoisotopic (exact) mass is 501 g/mol. The van der Waals surface area contributed by atoms with Crippen LogP contribution in [-0.4, -0.2) is 52.9 Å². The Bertz CT molecular complexity index is 853. The molecular weight excluding hydrogens is 454 g/mol. The molecule has 0 saturated carbocycles. The molecule has 0 spiro atoms. The summed E-state index contributed by atoms with van der Waals surface area (Å²) in [6.07, 6.45) is 17.4. The van der Waals surface area contributed by atoms with Crippen LogP contribution in [0.3, 0.4) is 0 Å². The van der Waals surface area contributed by atoms with E-state index >= 15 is 0 Å². The van der Waals surface area contributed by atoms with Gasteiger partial charge in [-0.25, -0.2) is 0 Å². The average Bonchev–Trinajstić information content (AvgIpc) is 2.80. The second-order valence-electron chi connectivity index (χ2n) is 10.9. The van der Waals surface area contributed by atoms with E-state index in [1.807, 2.05) is 12.2 Å². The second kappa shape index (κ2) is 14.7. The van der Waals surface area contributed by atoms with E-state index in [2.05, 4.69) is 57.3 Å². The van der Waals surface area contributed by atoms with E-state index in [4.69, 9.17) is 9.47 Å². The Hall–Kier alpha value is -1.99.